The average molecular weight is 257 g/mol. The van der Waals surface area contributed by atoms with Crippen LogP contribution in [0, 0.1) is 0 Å². The van der Waals surface area contributed by atoms with Crippen LogP contribution in [0.2, 0.25) is 0 Å². The van der Waals surface area contributed by atoms with Crippen LogP contribution in [-0.4, -0.2) is 21.8 Å². The Morgan fingerprint density at radius 3 is 2.95 bits per heavy atom. The van der Waals surface area contributed by atoms with Crippen LogP contribution in [0.1, 0.15) is 18.6 Å². The molecule has 1 aromatic carbocycles. The second-order valence-electron chi connectivity index (χ2n) is 4.33. The number of nitrogens with zero attached hydrogens (tertiary/aromatic N) is 3. The lowest BCUT2D eigenvalue weighted by Gasteiger charge is -2.03. The zero-order valence-electron chi connectivity index (χ0n) is 11.0. The molecule has 2 aromatic heterocycles. The third kappa shape index (κ3) is 2.19. The highest BCUT2D eigenvalue weighted by atomic mass is 16.5. The SMILES string of the molecule is CCc1noc(Cn2ccc3cc(OC)ccc32)n1. The normalized spacial score (nSPS) is 11.1. The molecule has 0 spiro atoms. The molecular formula is C14H15N3O2. The molecule has 3 rings (SSSR count). The zero-order valence-corrected chi connectivity index (χ0v) is 11.0. The molecule has 0 fully saturated rings. The van der Waals surface area contributed by atoms with Gasteiger partial charge in [-0.25, -0.2) is 0 Å². The maximum absolute atomic E-state index is 5.22. The van der Waals surface area contributed by atoms with Crippen LogP contribution in [0.5, 0.6) is 5.75 Å². The minimum Gasteiger partial charge on any atom is -0.497 e. The fraction of sp³-hybridized carbons (Fsp3) is 0.286. The molecule has 3 aromatic rings. The van der Waals surface area contributed by atoms with E-state index < -0.39 is 0 Å². The Bertz CT molecular complexity index is 700. The Labute approximate surface area is 110 Å². The lowest BCUT2D eigenvalue weighted by atomic mass is 10.2. The van der Waals surface area contributed by atoms with Crippen molar-refractivity contribution >= 4 is 10.9 Å². The average Bonchev–Trinajstić information content (AvgIpc) is 3.06. The lowest BCUT2D eigenvalue weighted by Crippen LogP contribution is -1.98. The molecule has 0 radical (unpaired) electrons. The van der Waals surface area contributed by atoms with E-state index in [-0.39, 0.29) is 0 Å². The number of hydrogen-bond donors (Lipinski definition) is 0. The Balaban J connectivity index is 1.92. The van der Waals surface area contributed by atoms with Crippen molar-refractivity contribution in [1.82, 2.24) is 14.7 Å². The first-order chi connectivity index (χ1) is 9.30. The fourth-order valence-electron chi connectivity index (χ4n) is 2.09. The molecule has 0 saturated heterocycles. The van der Waals surface area contributed by atoms with Gasteiger partial charge < -0.3 is 13.8 Å². The summed E-state index contributed by atoms with van der Waals surface area (Å²) in [5, 5.41) is 5.04. The molecule has 0 aliphatic carbocycles. The Morgan fingerprint density at radius 1 is 1.32 bits per heavy atom. The van der Waals surface area contributed by atoms with Gasteiger partial charge in [0, 0.05) is 23.5 Å². The van der Waals surface area contributed by atoms with Crippen molar-refractivity contribution in [1.29, 1.82) is 0 Å². The number of benzene rings is 1. The van der Waals surface area contributed by atoms with Gasteiger partial charge in [-0.05, 0) is 24.3 Å². The summed E-state index contributed by atoms with van der Waals surface area (Å²) in [4.78, 5) is 4.32. The maximum Gasteiger partial charge on any atom is 0.246 e. The van der Waals surface area contributed by atoms with E-state index in [1.54, 1.807) is 7.11 Å². The van der Waals surface area contributed by atoms with Gasteiger partial charge in [-0.15, -0.1) is 0 Å². The minimum absolute atomic E-state index is 0.586. The van der Waals surface area contributed by atoms with E-state index in [0.29, 0.717) is 12.4 Å². The van der Waals surface area contributed by atoms with Gasteiger partial charge in [0.05, 0.1) is 7.11 Å². The standard InChI is InChI=1S/C14H15N3O2/c1-3-13-15-14(19-16-13)9-17-7-6-10-8-11(18-2)4-5-12(10)17/h4-8H,3,9H2,1-2H3. The molecule has 0 amide bonds. The van der Waals surface area contributed by atoms with E-state index in [1.807, 2.05) is 31.3 Å². The summed E-state index contributed by atoms with van der Waals surface area (Å²) in [6.07, 6.45) is 2.80. The van der Waals surface area contributed by atoms with E-state index in [1.165, 1.54) is 0 Å². The monoisotopic (exact) mass is 257 g/mol. The summed E-state index contributed by atoms with van der Waals surface area (Å²) in [6.45, 7) is 2.59. The highest BCUT2D eigenvalue weighted by Crippen LogP contribution is 2.22. The van der Waals surface area contributed by atoms with E-state index in [0.717, 1.165) is 28.9 Å². The second-order valence-corrected chi connectivity index (χ2v) is 4.33. The zero-order chi connectivity index (χ0) is 13.2. The smallest absolute Gasteiger partial charge is 0.246 e. The molecule has 0 bridgehead atoms. The Morgan fingerprint density at radius 2 is 2.21 bits per heavy atom. The number of methoxy groups -OCH3 is 1. The lowest BCUT2D eigenvalue weighted by molar-refractivity contribution is 0.368. The number of rotatable bonds is 4. The van der Waals surface area contributed by atoms with Gasteiger partial charge in [-0.3, -0.25) is 0 Å². The largest absolute Gasteiger partial charge is 0.497 e. The van der Waals surface area contributed by atoms with E-state index in [4.69, 9.17) is 9.26 Å². The second kappa shape index (κ2) is 4.76. The fourth-order valence-corrected chi connectivity index (χ4v) is 2.09. The maximum atomic E-state index is 5.22. The summed E-state index contributed by atoms with van der Waals surface area (Å²) in [5.74, 6) is 2.23. The highest BCUT2D eigenvalue weighted by molar-refractivity contribution is 5.81. The summed E-state index contributed by atoms with van der Waals surface area (Å²) >= 11 is 0. The van der Waals surface area contributed by atoms with Crippen molar-refractivity contribution in [3.8, 4) is 5.75 Å². The third-order valence-electron chi connectivity index (χ3n) is 3.11. The van der Waals surface area contributed by atoms with Gasteiger partial charge >= 0.3 is 0 Å². The number of aryl methyl sites for hydroxylation is 1. The Hall–Kier alpha value is -2.30. The molecule has 98 valence electrons. The van der Waals surface area contributed by atoms with E-state index in [2.05, 4.69) is 20.8 Å². The van der Waals surface area contributed by atoms with Crippen molar-refractivity contribution in [2.24, 2.45) is 0 Å². The molecule has 0 N–H and O–H groups in total. The van der Waals surface area contributed by atoms with Crippen molar-refractivity contribution in [2.45, 2.75) is 19.9 Å². The van der Waals surface area contributed by atoms with Crippen LogP contribution in [0.25, 0.3) is 10.9 Å². The summed E-state index contributed by atoms with van der Waals surface area (Å²) < 4.78 is 12.5. The predicted molar refractivity (Wildman–Crippen MR) is 71.3 cm³/mol. The molecule has 5 heteroatoms. The quantitative estimate of drug-likeness (QED) is 0.721. The molecule has 0 unspecified atom stereocenters. The van der Waals surface area contributed by atoms with Crippen LogP contribution >= 0.6 is 0 Å². The first-order valence-corrected chi connectivity index (χ1v) is 6.24. The van der Waals surface area contributed by atoms with Crippen LogP contribution in [0.4, 0.5) is 0 Å². The molecule has 0 aliphatic heterocycles. The number of hydrogen-bond acceptors (Lipinski definition) is 4. The van der Waals surface area contributed by atoms with Crippen LogP contribution < -0.4 is 4.74 Å². The van der Waals surface area contributed by atoms with Gasteiger partial charge in [0.1, 0.15) is 12.3 Å². The summed E-state index contributed by atoms with van der Waals surface area (Å²) in [7, 11) is 1.67. The highest BCUT2D eigenvalue weighted by Gasteiger charge is 2.08. The molecule has 0 aliphatic rings. The van der Waals surface area contributed by atoms with Crippen molar-refractivity contribution < 1.29 is 9.26 Å². The number of fused-ring (bicyclic) bond motifs is 1. The number of aromatic nitrogens is 3. The van der Waals surface area contributed by atoms with Gasteiger partial charge in [-0.2, -0.15) is 4.98 Å². The summed E-state index contributed by atoms with van der Waals surface area (Å²) in [5.41, 5.74) is 1.12. The van der Waals surface area contributed by atoms with Crippen molar-refractivity contribution in [3.63, 3.8) is 0 Å². The third-order valence-corrected chi connectivity index (χ3v) is 3.11. The molecule has 19 heavy (non-hydrogen) atoms. The van der Waals surface area contributed by atoms with Crippen molar-refractivity contribution in [2.75, 3.05) is 7.11 Å². The van der Waals surface area contributed by atoms with Crippen molar-refractivity contribution in [3.05, 3.63) is 42.2 Å². The van der Waals surface area contributed by atoms with Gasteiger partial charge in [0.25, 0.3) is 0 Å². The van der Waals surface area contributed by atoms with Crippen LogP contribution in [-0.2, 0) is 13.0 Å². The molecule has 0 saturated carbocycles. The molecule has 0 atom stereocenters. The van der Waals surface area contributed by atoms with Crippen LogP contribution in [0.3, 0.4) is 0 Å². The van der Waals surface area contributed by atoms with Gasteiger partial charge in [-0.1, -0.05) is 12.1 Å². The topological polar surface area (TPSA) is 53.1 Å². The molecular weight excluding hydrogens is 242 g/mol. The van der Waals surface area contributed by atoms with E-state index in [9.17, 15) is 0 Å². The number of ether oxygens (including phenoxy) is 1. The molecule has 2 heterocycles. The van der Waals surface area contributed by atoms with Crippen LogP contribution in [0.15, 0.2) is 35.0 Å². The predicted octanol–water partition coefficient (Wildman–Crippen LogP) is 2.64. The first-order valence-electron chi connectivity index (χ1n) is 6.24. The van der Waals surface area contributed by atoms with E-state index >= 15 is 0 Å². The van der Waals surface area contributed by atoms with Gasteiger partial charge in [0.2, 0.25) is 5.89 Å². The van der Waals surface area contributed by atoms with Gasteiger partial charge in [0.15, 0.2) is 5.82 Å². The first kappa shape index (κ1) is 11.8. The summed E-state index contributed by atoms with van der Waals surface area (Å²) in [6, 6.07) is 8.04. The Kier molecular flexibility index (Phi) is 2.95. The minimum atomic E-state index is 0.586. The molecule has 5 nitrogen and oxygen atoms in total.